The van der Waals surface area contributed by atoms with Gasteiger partial charge >= 0.3 is 0 Å². The molecular weight excluding hydrogens is 368 g/mol. The number of hydrogen-bond acceptors (Lipinski definition) is 1. The molecule has 19 heavy (non-hydrogen) atoms. The van der Waals surface area contributed by atoms with E-state index in [1.165, 1.54) is 11.3 Å². The highest BCUT2D eigenvalue weighted by atomic mass is 79.9. The second kappa shape index (κ2) is 6.71. The van der Waals surface area contributed by atoms with Crippen molar-refractivity contribution < 1.29 is 0 Å². The lowest BCUT2D eigenvalue weighted by Gasteiger charge is -2.15. The van der Waals surface area contributed by atoms with Gasteiger partial charge in [0.15, 0.2) is 0 Å². The van der Waals surface area contributed by atoms with E-state index in [4.69, 9.17) is 0 Å². The zero-order chi connectivity index (χ0) is 13.8. The van der Waals surface area contributed by atoms with Crippen molar-refractivity contribution in [3.8, 4) is 0 Å². The number of rotatable bonds is 5. The Kier molecular flexibility index (Phi) is 5.22. The normalized spacial score (nSPS) is 12.6. The summed E-state index contributed by atoms with van der Waals surface area (Å²) in [4.78, 5) is 0. The minimum atomic E-state index is 0.471. The highest BCUT2D eigenvalue weighted by molar-refractivity contribution is 9.10. The van der Waals surface area contributed by atoms with Gasteiger partial charge in [-0.2, -0.15) is 5.10 Å². The third-order valence-electron chi connectivity index (χ3n) is 3.25. The highest BCUT2D eigenvalue weighted by Crippen LogP contribution is 2.25. The molecule has 2 rings (SSSR count). The zero-order valence-electron chi connectivity index (χ0n) is 11.2. The Morgan fingerprint density at radius 2 is 2.11 bits per heavy atom. The Hall–Kier alpha value is -0.610. The number of nitrogens with zero attached hydrogens (tertiary/aromatic N) is 2. The molecule has 0 radical (unpaired) electrons. The molecule has 0 spiro atoms. The number of halogens is 2. The smallest absolute Gasteiger partial charge is 0.0596 e. The molecule has 1 aromatic carbocycles. The van der Waals surface area contributed by atoms with E-state index >= 15 is 0 Å². The molecule has 0 saturated carbocycles. The Morgan fingerprint density at radius 3 is 2.74 bits per heavy atom. The van der Waals surface area contributed by atoms with Crippen molar-refractivity contribution in [1.29, 1.82) is 0 Å². The van der Waals surface area contributed by atoms with Crippen LogP contribution in [-0.4, -0.2) is 15.1 Å². The topological polar surface area (TPSA) is 17.8 Å². The Balaban J connectivity index is 2.23. The van der Waals surface area contributed by atoms with Crippen molar-refractivity contribution in [2.45, 2.75) is 32.7 Å². The van der Waals surface area contributed by atoms with E-state index in [1.807, 2.05) is 0 Å². The number of alkyl halides is 1. The van der Waals surface area contributed by atoms with Crippen LogP contribution in [0.2, 0.25) is 0 Å². The molecule has 1 aromatic heterocycles. The van der Waals surface area contributed by atoms with Crippen molar-refractivity contribution in [1.82, 2.24) is 9.78 Å². The van der Waals surface area contributed by atoms with Crippen LogP contribution in [-0.2, 0) is 13.0 Å². The summed E-state index contributed by atoms with van der Waals surface area (Å²) in [7, 11) is 0. The molecular formula is C15H18Br2N2. The molecule has 0 bridgehead atoms. The van der Waals surface area contributed by atoms with Crippen LogP contribution in [0.4, 0.5) is 0 Å². The molecule has 1 unspecified atom stereocenters. The van der Waals surface area contributed by atoms with Gasteiger partial charge in [-0.25, -0.2) is 0 Å². The number of benzene rings is 1. The fourth-order valence-corrected chi connectivity index (χ4v) is 3.33. The summed E-state index contributed by atoms with van der Waals surface area (Å²) in [5, 5.41) is 5.48. The predicted octanol–water partition coefficient (Wildman–Crippen LogP) is 4.70. The predicted molar refractivity (Wildman–Crippen MR) is 87.0 cm³/mol. The number of aromatic nitrogens is 2. The van der Waals surface area contributed by atoms with Crippen LogP contribution < -0.4 is 0 Å². The van der Waals surface area contributed by atoms with Crippen molar-refractivity contribution in [2.75, 3.05) is 5.33 Å². The first-order chi connectivity index (χ1) is 9.13. The van der Waals surface area contributed by atoms with Crippen molar-refractivity contribution in [2.24, 2.45) is 0 Å². The van der Waals surface area contributed by atoms with Crippen LogP contribution in [0.15, 0.2) is 34.8 Å². The minimum Gasteiger partial charge on any atom is -0.270 e. The summed E-state index contributed by atoms with van der Waals surface area (Å²) in [6.45, 7) is 5.12. The van der Waals surface area contributed by atoms with E-state index in [0.717, 1.165) is 28.5 Å². The quantitative estimate of drug-likeness (QED) is 0.682. The summed E-state index contributed by atoms with van der Waals surface area (Å²) < 4.78 is 3.24. The molecule has 0 aliphatic rings. The minimum absolute atomic E-state index is 0.471. The maximum Gasteiger partial charge on any atom is 0.0596 e. The average Bonchev–Trinajstić information content (AvgIpc) is 2.76. The largest absolute Gasteiger partial charge is 0.270 e. The maximum absolute atomic E-state index is 4.52. The van der Waals surface area contributed by atoms with Crippen LogP contribution in [0.1, 0.15) is 29.8 Å². The third kappa shape index (κ3) is 3.69. The van der Waals surface area contributed by atoms with Gasteiger partial charge in [0, 0.05) is 22.0 Å². The summed E-state index contributed by atoms with van der Waals surface area (Å²) in [6.07, 6.45) is 1.01. The monoisotopic (exact) mass is 384 g/mol. The van der Waals surface area contributed by atoms with Crippen LogP contribution in [0.3, 0.4) is 0 Å². The van der Waals surface area contributed by atoms with Gasteiger partial charge in [0.2, 0.25) is 0 Å². The Bertz CT molecular complexity index is 549. The van der Waals surface area contributed by atoms with Crippen LogP contribution in [0.25, 0.3) is 0 Å². The van der Waals surface area contributed by atoms with Crippen molar-refractivity contribution in [3.63, 3.8) is 0 Å². The SMILES string of the molecule is CCn1nc(C)cc1CC(CBr)c1cccc(Br)c1. The van der Waals surface area contributed by atoms with Gasteiger partial charge in [-0.15, -0.1) is 0 Å². The molecule has 0 aliphatic heterocycles. The van der Waals surface area contributed by atoms with Gasteiger partial charge in [-0.3, -0.25) is 4.68 Å². The molecule has 0 saturated heterocycles. The van der Waals surface area contributed by atoms with Crippen LogP contribution in [0.5, 0.6) is 0 Å². The molecule has 0 fully saturated rings. The Morgan fingerprint density at radius 1 is 1.32 bits per heavy atom. The molecule has 102 valence electrons. The Labute approximate surface area is 131 Å². The molecule has 2 aromatic rings. The lowest BCUT2D eigenvalue weighted by atomic mass is 9.96. The first-order valence-electron chi connectivity index (χ1n) is 6.48. The molecule has 2 nitrogen and oxygen atoms in total. The summed E-state index contributed by atoms with van der Waals surface area (Å²) >= 11 is 7.19. The molecule has 0 aliphatic carbocycles. The van der Waals surface area contributed by atoms with Gasteiger partial charge in [-0.1, -0.05) is 44.0 Å². The second-order valence-corrected chi connectivity index (χ2v) is 6.27. The van der Waals surface area contributed by atoms with Gasteiger partial charge < -0.3 is 0 Å². The molecule has 1 heterocycles. The van der Waals surface area contributed by atoms with E-state index in [-0.39, 0.29) is 0 Å². The molecule has 4 heteroatoms. The van der Waals surface area contributed by atoms with Crippen LogP contribution >= 0.6 is 31.9 Å². The lowest BCUT2D eigenvalue weighted by molar-refractivity contribution is 0.597. The van der Waals surface area contributed by atoms with Crippen molar-refractivity contribution >= 4 is 31.9 Å². The van der Waals surface area contributed by atoms with Gasteiger partial charge in [0.1, 0.15) is 0 Å². The average molecular weight is 386 g/mol. The summed E-state index contributed by atoms with van der Waals surface area (Å²) in [5.41, 5.74) is 3.76. The number of hydrogen-bond donors (Lipinski definition) is 0. The molecule has 0 amide bonds. The van der Waals surface area contributed by atoms with Gasteiger partial charge in [-0.05, 0) is 49.9 Å². The molecule has 1 atom stereocenters. The third-order valence-corrected chi connectivity index (χ3v) is 4.52. The van der Waals surface area contributed by atoms with Gasteiger partial charge in [0.05, 0.1) is 5.69 Å². The number of aryl methyl sites for hydroxylation is 2. The first kappa shape index (κ1) is 14.8. The maximum atomic E-state index is 4.52. The fraction of sp³-hybridized carbons (Fsp3) is 0.400. The summed E-state index contributed by atoms with van der Waals surface area (Å²) in [6, 6.07) is 10.7. The molecule has 0 N–H and O–H groups in total. The highest BCUT2D eigenvalue weighted by Gasteiger charge is 2.14. The van der Waals surface area contributed by atoms with E-state index in [9.17, 15) is 0 Å². The lowest BCUT2D eigenvalue weighted by Crippen LogP contribution is -2.10. The van der Waals surface area contributed by atoms with E-state index in [1.54, 1.807) is 0 Å². The van der Waals surface area contributed by atoms with E-state index < -0.39 is 0 Å². The van der Waals surface area contributed by atoms with Crippen LogP contribution in [0, 0.1) is 6.92 Å². The zero-order valence-corrected chi connectivity index (χ0v) is 14.4. The van der Waals surface area contributed by atoms with E-state index in [0.29, 0.717) is 5.92 Å². The van der Waals surface area contributed by atoms with E-state index in [2.05, 4.69) is 85.8 Å². The first-order valence-corrected chi connectivity index (χ1v) is 8.40. The second-order valence-electron chi connectivity index (χ2n) is 4.70. The summed E-state index contributed by atoms with van der Waals surface area (Å²) in [5.74, 6) is 0.471. The standard InChI is InChI=1S/C15H18Br2N2/c1-3-19-15(7-11(2)18-19)9-13(10-16)12-5-4-6-14(17)8-12/h4-8,13H,3,9-10H2,1-2H3. The van der Waals surface area contributed by atoms with Crippen molar-refractivity contribution in [3.05, 3.63) is 51.8 Å². The fourth-order valence-electron chi connectivity index (χ4n) is 2.31. The van der Waals surface area contributed by atoms with Gasteiger partial charge in [0.25, 0.3) is 0 Å².